The van der Waals surface area contributed by atoms with Crippen molar-refractivity contribution in [1.29, 1.82) is 0 Å². The van der Waals surface area contributed by atoms with E-state index in [4.69, 9.17) is 4.84 Å². The second-order valence-electron chi connectivity index (χ2n) is 3.63. The van der Waals surface area contributed by atoms with Crippen molar-refractivity contribution in [2.75, 3.05) is 26.7 Å². The molecule has 2 bridgehead atoms. The highest BCUT2D eigenvalue weighted by Gasteiger charge is 2.30. The molecule has 0 spiro atoms. The van der Waals surface area contributed by atoms with E-state index in [1.54, 1.807) is 7.05 Å². The third-order valence-electron chi connectivity index (χ3n) is 2.65. The minimum Gasteiger partial charge on any atom is -0.375 e. The predicted octanol–water partition coefficient (Wildman–Crippen LogP) is -0.569. The molecule has 0 saturated carbocycles. The number of carbonyl (C=O) groups is 1. The SMILES string of the molecule is CNC(=O)CONC1=CN2CCC1C2. The zero-order valence-corrected chi connectivity index (χ0v) is 8.25. The Hall–Kier alpha value is -1.23. The number of hydrogen-bond donors (Lipinski definition) is 2. The number of nitrogens with one attached hydrogen (secondary N) is 2. The maximum absolute atomic E-state index is 10.8. The van der Waals surface area contributed by atoms with E-state index in [0.717, 1.165) is 18.8 Å². The molecular formula is C9H15N3O2. The molecule has 1 atom stereocenters. The van der Waals surface area contributed by atoms with Gasteiger partial charge in [-0.2, -0.15) is 0 Å². The molecule has 2 rings (SSSR count). The van der Waals surface area contributed by atoms with Crippen molar-refractivity contribution in [2.24, 2.45) is 5.92 Å². The fourth-order valence-corrected chi connectivity index (χ4v) is 1.83. The number of carbonyl (C=O) groups excluding carboxylic acids is 1. The second kappa shape index (κ2) is 3.88. The van der Waals surface area contributed by atoms with Gasteiger partial charge in [0.1, 0.15) is 0 Å². The first-order chi connectivity index (χ1) is 6.79. The molecule has 5 nitrogen and oxygen atoms in total. The molecule has 2 heterocycles. The van der Waals surface area contributed by atoms with E-state index in [-0.39, 0.29) is 12.5 Å². The Labute approximate surface area is 83.0 Å². The van der Waals surface area contributed by atoms with Gasteiger partial charge in [0.2, 0.25) is 5.91 Å². The van der Waals surface area contributed by atoms with Crippen LogP contribution in [0.25, 0.3) is 0 Å². The average Bonchev–Trinajstić information content (AvgIpc) is 2.79. The summed E-state index contributed by atoms with van der Waals surface area (Å²) in [5.41, 5.74) is 3.93. The first-order valence-corrected chi connectivity index (χ1v) is 4.83. The summed E-state index contributed by atoms with van der Waals surface area (Å²) in [6.07, 6.45) is 3.25. The summed E-state index contributed by atoms with van der Waals surface area (Å²) in [5.74, 6) is 0.446. The average molecular weight is 197 g/mol. The maximum Gasteiger partial charge on any atom is 0.248 e. The second-order valence-corrected chi connectivity index (χ2v) is 3.63. The number of nitrogens with zero attached hydrogens (tertiary/aromatic N) is 1. The first kappa shape index (κ1) is 9.33. The molecule has 2 N–H and O–H groups in total. The Morgan fingerprint density at radius 3 is 3.21 bits per heavy atom. The van der Waals surface area contributed by atoms with E-state index in [1.165, 1.54) is 6.42 Å². The lowest BCUT2D eigenvalue weighted by Gasteiger charge is -2.14. The summed E-state index contributed by atoms with van der Waals surface area (Å²) >= 11 is 0. The summed E-state index contributed by atoms with van der Waals surface area (Å²) < 4.78 is 0. The predicted molar refractivity (Wildman–Crippen MR) is 50.9 cm³/mol. The van der Waals surface area contributed by atoms with Gasteiger partial charge < -0.3 is 10.2 Å². The Balaban J connectivity index is 1.72. The fraction of sp³-hybridized carbons (Fsp3) is 0.667. The number of amides is 1. The lowest BCUT2D eigenvalue weighted by molar-refractivity contribution is -0.127. The minimum absolute atomic E-state index is 0.0561. The Kier molecular flexibility index (Phi) is 2.58. The highest BCUT2D eigenvalue weighted by Crippen LogP contribution is 2.29. The summed E-state index contributed by atoms with van der Waals surface area (Å²) in [7, 11) is 1.59. The van der Waals surface area contributed by atoms with E-state index < -0.39 is 0 Å². The van der Waals surface area contributed by atoms with Crippen LogP contribution in [-0.2, 0) is 9.63 Å². The van der Waals surface area contributed by atoms with E-state index in [2.05, 4.69) is 21.9 Å². The molecule has 1 amide bonds. The first-order valence-electron chi connectivity index (χ1n) is 4.83. The van der Waals surface area contributed by atoms with Crippen LogP contribution < -0.4 is 10.8 Å². The Bertz CT molecular complexity index is 265. The van der Waals surface area contributed by atoms with Gasteiger partial charge in [-0.25, -0.2) is 0 Å². The summed E-state index contributed by atoms with van der Waals surface area (Å²) in [5, 5.41) is 2.49. The lowest BCUT2D eigenvalue weighted by Crippen LogP contribution is -2.29. The van der Waals surface area contributed by atoms with Crippen LogP contribution in [0.5, 0.6) is 0 Å². The van der Waals surface area contributed by atoms with Gasteiger partial charge in [-0.15, -0.1) is 0 Å². The molecule has 78 valence electrons. The van der Waals surface area contributed by atoms with Crippen LogP contribution in [0.1, 0.15) is 6.42 Å². The topological polar surface area (TPSA) is 53.6 Å². The van der Waals surface area contributed by atoms with E-state index in [1.807, 2.05) is 0 Å². The molecule has 0 radical (unpaired) electrons. The fourth-order valence-electron chi connectivity index (χ4n) is 1.83. The molecular weight excluding hydrogens is 182 g/mol. The summed E-state index contributed by atoms with van der Waals surface area (Å²) in [6.45, 7) is 2.29. The zero-order valence-electron chi connectivity index (χ0n) is 8.25. The van der Waals surface area contributed by atoms with Gasteiger partial charge in [-0.1, -0.05) is 0 Å². The highest BCUT2D eigenvalue weighted by molar-refractivity contribution is 5.76. The lowest BCUT2D eigenvalue weighted by atomic mass is 10.1. The van der Waals surface area contributed by atoms with Crippen molar-refractivity contribution >= 4 is 5.91 Å². The summed E-state index contributed by atoms with van der Waals surface area (Å²) in [6, 6.07) is 0. The zero-order chi connectivity index (χ0) is 9.97. The van der Waals surface area contributed by atoms with Crippen molar-refractivity contribution < 1.29 is 9.63 Å². The van der Waals surface area contributed by atoms with Crippen LogP contribution in [-0.4, -0.2) is 37.6 Å². The van der Waals surface area contributed by atoms with Crippen LogP contribution in [0, 0.1) is 5.92 Å². The summed E-state index contributed by atoms with van der Waals surface area (Å²) in [4.78, 5) is 18.2. The van der Waals surface area contributed by atoms with Crippen molar-refractivity contribution in [3.05, 3.63) is 11.9 Å². The van der Waals surface area contributed by atoms with Gasteiger partial charge in [0.05, 0.1) is 5.70 Å². The molecule has 0 aliphatic carbocycles. The van der Waals surface area contributed by atoms with Gasteiger partial charge in [-0.3, -0.25) is 15.1 Å². The van der Waals surface area contributed by atoms with Crippen LogP contribution in [0.4, 0.5) is 0 Å². The number of hydroxylamine groups is 1. The van der Waals surface area contributed by atoms with Gasteiger partial charge in [-0.05, 0) is 6.42 Å². The van der Waals surface area contributed by atoms with Gasteiger partial charge >= 0.3 is 0 Å². The van der Waals surface area contributed by atoms with E-state index in [9.17, 15) is 4.79 Å². The van der Waals surface area contributed by atoms with Gasteiger partial charge in [0.25, 0.3) is 0 Å². The number of fused-ring (bicyclic) bond motifs is 2. The van der Waals surface area contributed by atoms with Gasteiger partial charge in [0, 0.05) is 32.3 Å². The third kappa shape index (κ3) is 1.82. The highest BCUT2D eigenvalue weighted by atomic mass is 16.6. The van der Waals surface area contributed by atoms with Crippen molar-refractivity contribution in [3.8, 4) is 0 Å². The number of hydrogen-bond acceptors (Lipinski definition) is 4. The Morgan fingerprint density at radius 1 is 1.79 bits per heavy atom. The largest absolute Gasteiger partial charge is 0.375 e. The molecule has 2 aliphatic rings. The molecule has 5 heteroatoms. The molecule has 2 aliphatic heterocycles. The molecule has 1 fully saturated rings. The molecule has 1 saturated heterocycles. The molecule has 14 heavy (non-hydrogen) atoms. The normalized spacial score (nSPS) is 23.6. The third-order valence-corrected chi connectivity index (χ3v) is 2.65. The molecule has 0 aromatic carbocycles. The molecule has 0 aromatic heterocycles. The van der Waals surface area contributed by atoms with Crippen LogP contribution in [0.2, 0.25) is 0 Å². The molecule has 1 unspecified atom stereocenters. The van der Waals surface area contributed by atoms with Crippen LogP contribution in [0.15, 0.2) is 11.9 Å². The van der Waals surface area contributed by atoms with Crippen molar-refractivity contribution in [3.63, 3.8) is 0 Å². The van der Waals surface area contributed by atoms with Crippen molar-refractivity contribution in [2.45, 2.75) is 6.42 Å². The molecule has 0 aromatic rings. The number of rotatable bonds is 4. The van der Waals surface area contributed by atoms with Crippen LogP contribution >= 0.6 is 0 Å². The minimum atomic E-state index is -0.124. The standard InChI is InChI=1S/C9H15N3O2/c1-10-9(13)6-14-11-8-5-12-3-2-7(8)4-12/h5,7,11H,2-4,6H2,1H3,(H,10,13). The number of likely N-dealkylation sites (N-methyl/N-ethyl adjacent to an activating group) is 1. The van der Waals surface area contributed by atoms with E-state index >= 15 is 0 Å². The van der Waals surface area contributed by atoms with Crippen LogP contribution in [0.3, 0.4) is 0 Å². The Morgan fingerprint density at radius 2 is 2.64 bits per heavy atom. The van der Waals surface area contributed by atoms with Crippen molar-refractivity contribution in [1.82, 2.24) is 15.7 Å². The van der Waals surface area contributed by atoms with E-state index in [0.29, 0.717) is 5.92 Å². The quantitative estimate of drug-likeness (QED) is 0.593. The smallest absolute Gasteiger partial charge is 0.248 e. The monoisotopic (exact) mass is 197 g/mol. The maximum atomic E-state index is 10.8. The van der Waals surface area contributed by atoms with Gasteiger partial charge in [0.15, 0.2) is 6.61 Å².